The molecule has 166 valence electrons. The van der Waals surface area contributed by atoms with Crippen molar-refractivity contribution in [2.45, 2.75) is 71.2 Å². The fourth-order valence-electron chi connectivity index (χ4n) is 3.34. The fraction of sp³-hybridized carbons (Fsp3) is 0.591. The van der Waals surface area contributed by atoms with Crippen molar-refractivity contribution in [1.29, 1.82) is 0 Å². The predicted molar refractivity (Wildman–Crippen MR) is 111 cm³/mol. The van der Waals surface area contributed by atoms with Crippen molar-refractivity contribution in [3.05, 3.63) is 35.9 Å². The summed E-state index contributed by atoms with van der Waals surface area (Å²) in [5.41, 5.74) is 0.220. The summed E-state index contributed by atoms with van der Waals surface area (Å²) < 4.78 is 15.9. The van der Waals surface area contributed by atoms with E-state index in [-0.39, 0.29) is 19.8 Å². The van der Waals surface area contributed by atoms with Gasteiger partial charge in [-0.1, -0.05) is 30.3 Å². The van der Waals surface area contributed by atoms with E-state index < -0.39 is 35.8 Å². The lowest BCUT2D eigenvalue weighted by atomic mass is 9.96. The van der Waals surface area contributed by atoms with Crippen LogP contribution in [0.2, 0.25) is 0 Å². The highest BCUT2D eigenvalue weighted by Gasteiger charge is 2.40. The number of carbonyl (C=O) groups is 3. The molecule has 0 aromatic heterocycles. The summed E-state index contributed by atoms with van der Waals surface area (Å²) in [6.07, 6.45) is 0.673. The van der Waals surface area contributed by atoms with Gasteiger partial charge in [-0.25, -0.2) is 14.4 Å². The predicted octanol–water partition coefficient (Wildman–Crippen LogP) is 3.63. The summed E-state index contributed by atoms with van der Waals surface area (Å²) in [6.45, 7) is 7.53. The van der Waals surface area contributed by atoms with E-state index in [2.05, 4.69) is 5.32 Å². The van der Waals surface area contributed by atoms with Crippen LogP contribution in [-0.2, 0) is 25.6 Å². The first kappa shape index (κ1) is 23.5. The summed E-state index contributed by atoms with van der Waals surface area (Å²) in [7, 11) is 0. The van der Waals surface area contributed by atoms with Gasteiger partial charge in [0.2, 0.25) is 0 Å². The summed E-state index contributed by atoms with van der Waals surface area (Å²) >= 11 is 0. The topological polar surface area (TPSA) is 94.2 Å². The molecule has 1 heterocycles. The monoisotopic (exact) mass is 420 g/mol. The van der Waals surface area contributed by atoms with Crippen LogP contribution in [0.15, 0.2) is 30.3 Å². The van der Waals surface area contributed by atoms with E-state index in [9.17, 15) is 14.4 Å². The molecule has 0 radical (unpaired) electrons. The van der Waals surface area contributed by atoms with Crippen LogP contribution in [0.1, 0.15) is 52.5 Å². The number of piperidine rings is 1. The van der Waals surface area contributed by atoms with Crippen molar-refractivity contribution in [3.63, 3.8) is 0 Å². The Balaban J connectivity index is 2.09. The average molecular weight is 421 g/mol. The molecule has 8 nitrogen and oxygen atoms in total. The Morgan fingerprint density at radius 1 is 1.10 bits per heavy atom. The summed E-state index contributed by atoms with van der Waals surface area (Å²) in [6, 6.07) is 8.17. The minimum atomic E-state index is -0.743. The van der Waals surface area contributed by atoms with Crippen LogP contribution >= 0.6 is 0 Å². The number of alkyl carbamates (subject to hydrolysis) is 1. The molecule has 1 fully saturated rings. The number of nitrogens with one attached hydrogen (secondary N) is 1. The maximum absolute atomic E-state index is 12.9. The first-order valence-corrected chi connectivity index (χ1v) is 10.3. The lowest BCUT2D eigenvalue weighted by Gasteiger charge is -2.40. The van der Waals surface area contributed by atoms with Gasteiger partial charge in [0.1, 0.15) is 18.2 Å². The van der Waals surface area contributed by atoms with Gasteiger partial charge in [-0.05, 0) is 52.5 Å². The molecule has 0 spiro atoms. The van der Waals surface area contributed by atoms with Crippen molar-refractivity contribution >= 4 is 18.2 Å². The van der Waals surface area contributed by atoms with Gasteiger partial charge < -0.3 is 19.5 Å². The van der Waals surface area contributed by atoms with Gasteiger partial charge in [0.25, 0.3) is 0 Å². The fourth-order valence-corrected chi connectivity index (χ4v) is 3.34. The molecule has 2 amide bonds. The number of hydrogen-bond acceptors (Lipinski definition) is 6. The number of benzene rings is 1. The molecular weight excluding hydrogens is 388 g/mol. The maximum Gasteiger partial charge on any atom is 0.411 e. The van der Waals surface area contributed by atoms with E-state index >= 15 is 0 Å². The van der Waals surface area contributed by atoms with Crippen LogP contribution in [-0.4, -0.2) is 53.9 Å². The van der Waals surface area contributed by atoms with Crippen LogP contribution in [0.25, 0.3) is 0 Å². The van der Waals surface area contributed by atoms with Gasteiger partial charge in [-0.15, -0.1) is 0 Å². The number of esters is 1. The molecule has 2 rings (SSSR count). The zero-order valence-corrected chi connectivity index (χ0v) is 18.2. The molecule has 1 N–H and O–H groups in total. The summed E-state index contributed by atoms with van der Waals surface area (Å²) in [5, 5.41) is 2.70. The van der Waals surface area contributed by atoms with Crippen molar-refractivity contribution in [2.75, 3.05) is 13.2 Å². The standard InChI is InChI=1S/C22H32N2O6/c1-5-28-19(25)18-13-9-12-17(14-23-20(26)30-22(2,3)4)24(18)21(27)29-15-16-10-7-6-8-11-16/h6-8,10-11,17-18H,5,9,12-15H2,1-4H3,(H,23,26). The second kappa shape index (κ2) is 10.8. The Morgan fingerprint density at radius 3 is 2.43 bits per heavy atom. The van der Waals surface area contributed by atoms with E-state index in [1.807, 2.05) is 30.3 Å². The molecule has 1 saturated heterocycles. The quantitative estimate of drug-likeness (QED) is 0.558. The SMILES string of the molecule is CCOC(=O)C1CCCC(CNC(=O)OC(C)(C)C)N1C(=O)OCc1ccccc1. The van der Waals surface area contributed by atoms with Gasteiger partial charge in [0.15, 0.2) is 0 Å². The molecule has 2 atom stereocenters. The van der Waals surface area contributed by atoms with Gasteiger partial charge in [0.05, 0.1) is 12.6 Å². The lowest BCUT2D eigenvalue weighted by molar-refractivity contribution is -0.151. The molecule has 1 aromatic rings. The van der Waals surface area contributed by atoms with Crippen LogP contribution in [0.4, 0.5) is 9.59 Å². The molecule has 1 aromatic carbocycles. The van der Waals surface area contributed by atoms with E-state index in [1.165, 1.54) is 4.90 Å². The Hall–Kier alpha value is -2.77. The van der Waals surface area contributed by atoms with Gasteiger partial charge in [-0.3, -0.25) is 4.90 Å². The molecule has 1 aliphatic rings. The highest BCUT2D eigenvalue weighted by molar-refractivity contribution is 5.82. The number of hydrogen-bond donors (Lipinski definition) is 1. The van der Waals surface area contributed by atoms with E-state index in [0.717, 1.165) is 12.0 Å². The third kappa shape index (κ3) is 7.24. The van der Waals surface area contributed by atoms with Gasteiger partial charge in [-0.2, -0.15) is 0 Å². The molecule has 0 bridgehead atoms. The molecule has 8 heteroatoms. The van der Waals surface area contributed by atoms with Crippen LogP contribution < -0.4 is 5.32 Å². The summed E-state index contributed by atoms with van der Waals surface area (Å²) in [5.74, 6) is -0.462. The van der Waals surface area contributed by atoms with E-state index in [4.69, 9.17) is 14.2 Å². The van der Waals surface area contributed by atoms with Crippen LogP contribution in [0.3, 0.4) is 0 Å². The number of ether oxygens (including phenoxy) is 3. The second-order valence-corrected chi connectivity index (χ2v) is 8.18. The molecule has 30 heavy (non-hydrogen) atoms. The maximum atomic E-state index is 12.9. The zero-order chi connectivity index (χ0) is 22.1. The molecule has 0 saturated carbocycles. The molecule has 0 aliphatic carbocycles. The number of likely N-dealkylation sites (tertiary alicyclic amines) is 1. The minimum absolute atomic E-state index is 0.0952. The Morgan fingerprint density at radius 2 is 1.80 bits per heavy atom. The number of carbonyl (C=O) groups excluding carboxylic acids is 3. The van der Waals surface area contributed by atoms with E-state index in [1.54, 1.807) is 27.7 Å². The van der Waals surface area contributed by atoms with Crippen LogP contribution in [0, 0.1) is 0 Å². The van der Waals surface area contributed by atoms with Crippen molar-refractivity contribution in [3.8, 4) is 0 Å². The van der Waals surface area contributed by atoms with Crippen molar-refractivity contribution in [1.82, 2.24) is 10.2 Å². The Labute approximate surface area is 177 Å². The second-order valence-electron chi connectivity index (χ2n) is 8.18. The molecule has 1 aliphatic heterocycles. The van der Waals surface area contributed by atoms with Crippen molar-refractivity contribution in [2.24, 2.45) is 0 Å². The molecular formula is C22H32N2O6. The number of amides is 2. The lowest BCUT2D eigenvalue weighted by Crippen LogP contribution is -2.57. The van der Waals surface area contributed by atoms with Crippen LogP contribution in [0.5, 0.6) is 0 Å². The first-order chi connectivity index (χ1) is 14.2. The normalized spacial score (nSPS) is 19.0. The van der Waals surface area contributed by atoms with Gasteiger partial charge >= 0.3 is 18.2 Å². The summed E-state index contributed by atoms with van der Waals surface area (Å²) in [4.78, 5) is 38.9. The van der Waals surface area contributed by atoms with E-state index in [0.29, 0.717) is 12.8 Å². The Kier molecular flexibility index (Phi) is 8.50. The Bertz CT molecular complexity index is 716. The van der Waals surface area contributed by atoms with Crippen molar-refractivity contribution < 1.29 is 28.6 Å². The third-order valence-electron chi connectivity index (χ3n) is 4.60. The largest absolute Gasteiger partial charge is 0.464 e. The smallest absolute Gasteiger partial charge is 0.411 e. The average Bonchev–Trinajstić information content (AvgIpc) is 2.70. The minimum Gasteiger partial charge on any atom is -0.464 e. The molecule has 2 unspecified atom stereocenters. The highest BCUT2D eigenvalue weighted by atomic mass is 16.6. The van der Waals surface area contributed by atoms with Gasteiger partial charge in [0, 0.05) is 6.54 Å². The third-order valence-corrected chi connectivity index (χ3v) is 4.60. The zero-order valence-electron chi connectivity index (χ0n) is 18.2. The highest BCUT2D eigenvalue weighted by Crippen LogP contribution is 2.25. The first-order valence-electron chi connectivity index (χ1n) is 10.3. The number of nitrogens with zero attached hydrogens (tertiary/aromatic N) is 1. The number of rotatable bonds is 6.